The Bertz CT molecular complexity index is 499. The Morgan fingerprint density at radius 2 is 2.00 bits per heavy atom. The minimum atomic E-state index is 0.0482. The molecular formula is C16H22Cl2N2O. The number of benzene rings is 1. The first-order chi connectivity index (χ1) is 9.95. The summed E-state index contributed by atoms with van der Waals surface area (Å²) in [6, 6.07) is 5.03. The van der Waals surface area contributed by atoms with Crippen LogP contribution in [0.25, 0.3) is 0 Å². The van der Waals surface area contributed by atoms with E-state index in [4.69, 9.17) is 23.2 Å². The Hall–Kier alpha value is -0.610. The number of ketones is 1. The van der Waals surface area contributed by atoms with Crippen molar-refractivity contribution in [2.45, 2.75) is 12.8 Å². The predicted molar refractivity (Wildman–Crippen MR) is 88.5 cm³/mol. The minimum absolute atomic E-state index is 0.0482. The van der Waals surface area contributed by atoms with Gasteiger partial charge in [0.1, 0.15) is 0 Å². The maximum atomic E-state index is 12.3. The van der Waals surface area contributed by atoms with Crippen molar-refractivity contribution in [3.63, 3.8) is 0 Å². The molecule has 0 unspecified atom stereocenters. The Balaban J connectivity index is 1.87. The van der Waals surface area contributed by atoms with E-state index in [0.717, 1.165) is 19.6 Å². The zero-order chi connectivity index (χ0) is 15.4. The fraction of sp³-hybridized carbons (Fsp3) is 0.562. The van der Waals surface area contributed by atoms with Crippen LogP contribution in [-0.4, -0.2) is 55.9 Å². The largest absolute Gasteiger partial charge is 0.306 e. The van der Waals surface area contributed by atoms with Crippen molar-refractivity contribution < 1.29 is 4.79 Å². The summed E-state index contributed by atoms with van der Waals surface area (Å²) in [5.74, 6) is 0.729. The number of likely N-dealkylation sites (N-methyl/N-ethyl adjacent to an activating group) is 1. The molecule has 21 heavy (non-hydrogen) atoms. The predicted octanol–water partition coefficient (Wildman–Crippen LogP) is 3.45. The summed E-state index contributed by atoms with van der Waals surface area (Å²) < 4.78 is 0. The molecule has 1 saturated heterocycles. The van der Waals surface area contributed by atoms with Gasteiger partial charge in [0.25, 0.3) is 0 Å². The van der Waals surface area contributed by atoms with E-state index in [1.165, 1.54) is 12.8 Å². The Morgan fingerprint density at radius 1 is 1.33 bits per heavy atom. The highest BCUT2D eigenvalue weighted by molar-refractivity contribution is 6.36. The lowest BCUT2D eigenvalue weighted by Crippen LogP contribution is -2.37. The van der Waals surface area contributed by atoms with E-state index in [9.17, 15) is 4.79 Å². The number of Topliss-reactive ketones (excluding diaryl/α,β-unsaturated/α-hetero) is 1. The molecule has 1 fully saturated rings. The highest BCUT2D eigenvalue weighted by Crippen LogP contribution is 2.22. The van der Waals surface area contributed by atoms with Crippen molar-refractivity contribution >= 4 is 29.0 Å². The van der Waals surface area contributed by atoms with E-state index in [1.807, 2.05) is 7.05 Å². The number of carbonyl (C=O) groups excluding carboxylic acids is 1. The molecule has 5 heteroatoms. The van der Waals surface area contributed by atoms with Gasteiger partial charge in [0.15, 0.2) is 5.78 Å². The number of piperidine rings is 1. The van der Waals surface area contributed by atoms with Crippen molar-refractivity contribution in [2.24, 2.45) is 5.92 Å². The Kier molecular flexibility index (Phi) is 6.06. The van der Waals surface area contributed by atoms with Crippen LogP contribution in [-0.2, 0) is 0 Å². The van der Waals surface area contributed by atoms with E-state index >= 15 is 0 Å². The molecule has 0 saturated carbocycles. The van der Waals surface area contributed by atoms with Crippen LogP contribution in [0.2, 0.25) is 10.0 Å². The third-order valence-corrected chi connectivity index (χ3v) is 4.60. The molecular weight excluding hydrogens is 307 g/mol. The smallest absolute Gasteiger partial charge is 0.178 e. The molecule has 1 aromatic carbocycles. The molecule has 1 heterocycles. The maximum absolute atomic E-state index is 12.3. The number of halogens is 2. The van der Waals surface area contributed by atoms with E-state index < -0.39 is 0 Å². The fourth-order valence-electron chi connectivity index (χ4n) is 2.80. The topological polar surface area (TPSA) is 23.6 Å². The molecule has 1 aromatic rings. The SMILES string of the molecule is CN1CCC(CN(C)CC(=O)c2ccc(Cl)cc2Cl)CC1. The molecule has 1 aliphatic rings. The van der Waals surface area contributed by atoms with Gasteiger partial charge in [-0.2, -0.15) is 0 Å². The van der Waals surface area contributed by atoms with E-state index in [1.54, 1.807) is 18.2 Å². The lowest BCUT2D eigenvalue weighted by Gasteiger charge is -2.31. The molecule has 0 amide bonds. The van der Waals surface area contributed by atoms with Gasteiger partial charge in [-0.3, -0.25) is 9.69 Å². The molecule has 116 valence electrons. The second-order valence-corrected chi connectivity index (χ2v) is 6.83. The van der Waals surface area contributed by atoms with Gasteiger partial charge in [-0.05, 0) is 64.1 Å². The number of rotatable bonds is 5. The van der Waals surface area contributed by atoms with Crippen LogP contribution >= 0.6 is 23.2 Å². The fourth-order valence-corrected chi connectivity index (χ4v) is 3.31. The molecule has 0 spiro atoms. The standard InChI is InChI=1S/C16H22Cl2N2O/c1-19-7-5-12(6-8-19)10-20(2)11-16(21)14-4-3-13(17)9-15(14)18/h3-4,9,12H,5-8,10-11H2,1-2H3. The van der Waals surface area contributed by atoms with Crippen LogP contribution in [0, 0.1) is 5.92 Å². The summed E-state index contributed by atoms with van der Waals surface area (Å²) in [4.78, 5) is 16.8. The maximum Gasteiger partial charge on any atom is 0.178 e. The summed E-state index contributed by atoms with van der Waals surface area (Å²) in [6.07, 6.45) is 2.41. The average molecular weight is 329 g/mol. The zero-order valence-corrected chi connectivity index (χ0v) is 14.1. The van der Waals surface area contributed by atoms with Gasteiger partial charge >= 0.3 is 0 Å². The van der Waals surface area contributed by atoms with Gasteiger partial charge in [-0.15, -0.1) is 0 Å². The van der Waals surface area contributed by atoms with Crippen molar-refractivity contribution in [3.8, 4) is 0 Å². The number of likely N-dealkylation sites (tertiary alicyclic amines) is 1. The third-order valence-electron chi connectivity index (χ3n) is 4.05. The number of carbonyl (C=O) groups is 1. The van der Waals surface area contributed by atoms with Crippen molar-refractivity contribution in [2.75, 3.05) is 40.3 Å². The van der Waals surface area contributed by atoms with Gasteiger partial charge in [0.2, 0.25) is 0 Å². The van der Waals surface area contributed by atoms with Crippen molar-refractivity contribution in [1.29, 1.82) is 0 Å². The summed E-state index contributed by atoms with van der Waals surface area (Å²) in [6.45, 7) is 3.66. The van der Waals surface area contributed by atoms with E-state index in [2.05, 4.69) is 16.8 Å². The Morgan fingerprint density at radius 3 is 2.62 bits per heavy atom. The lowest BCUT2D eigenvalue weighted by molar-refractivity contribution is 0.0925. The Labute approximate surface area is 136 Å². The molecule has 0 aromatic heterocycles. The second kappa shape index (κ2) is 7.59. The van der Waals surface area contributed by atoms with Crippen LogP contribution in [0.1, 0.15) is 23.2 Å². The molecule has 0 N–H and O–H groups in total. The van der Waals surface area contributed by atoms with Crippen LogP contribution in [0.4, 0.5) is 0 Å². The molecule has 0 bridgehead atoms. The normalized spacial score (nSPS) is 17.4. The van der Waals surface area contributed by atoms with Gasteiger partial charge in [-0.25, -0.2) is 0 Å². The van der Waals surface area contributed by atoms with Gasteiger partial charge in [0.05, 0.1) is 11.6 Å². The summed E-state index contributed by atoms with van der Waals surface area (Å²) in [5, 5.41) is 0.983. The molecule has 1 aliphatic heterocycles. The number of hydrogen-bond acceptors (Lipinski definition) is 3. The average Bonchev–Trinajstić information content (AvgIpc) is 2.41. The van der Waals surface area contributed by atoms with Crippen LogP contribution < -0.4 is 0 Å². The zero-order valence-electron chi connectivity index (χ0n) is 12.6. The molecule has 0 atom stereocenters. The highest BCUT2D eigenvalue weighted by Gasteiger charge is 2.20. The molecule has 3 nitrogen and oxygen atoms in total. The van der Waals surface area contributed by atoms with Gasteiger partial charge in [0, 0.05) is 17.1 Å². The van der Waals surface area contributed by atoms with E-state index in [0.29, 0.717) is 28.1 Å². The second-order valence-electron chi connectivity index (χ2n) is 5.99. The van der Waals surface area contributed by atoms with Gasteiger partial charge in [-0.1, -0.05) is 23.2 Å². The van der Waals surface area contributed by atoms with Crippen LogP contribution in [0.15, 0.2) is 18.2 Å². The molecule has 2 rings (SSSR count). The first-order valence-corrected chi connectivity index (χ1v) is 8.06. The summed E-state index contributed by atoms with van der Waals surface area (Å²) >= 11 is 11.9. The minimum Gasteiger partial charge on any atom is -0.306 e. The van der Waals surface area contributed by atoms with Gasteiger partial charge < -0.3 is 4.90 Å². The summed E-state index contributed by atoms with van der Waals surface area (Å²) in [7, 11) is 4.16. The van der Waals surface area contributed by atoms with Crippen molar-refractivity contribution in [1.82, 2.24) is 9.80 Å². The molecule has 0 aliphatic carbocycles. The first-order valence-electron chi connectivity index (χ1n) is 7.31. The number of nitrogens with zero attached hydrogens (tertiary/aromatic N) is 2. The lowest BCUT2D eigenvalue weighted by atomic mass is 9.96. The third kappa shape index (κ3) is 4.96. The summed E-state index contributed by atoms with van der Waals surface area (Å²) in [5.41, 5.74) is 0.552. The highest BCUT2D eigenvalue weighted by atomic mass is 35.5. The van der Waals surface area contributed by atoms with Crippen LogP contribution in [0.5, 0.6) is 0 Å². The monoisotopic (exact) mass is 328 g/mol. The van der Waals surface area contributed by atoms with Crippen LogP contribution in [0.3, 0.4) is 0 Å². The number of hydrogen-bond donors (Lipinski definition) is 0. The quantitative estimate of drug-likeness (QED) is 0.773. The first kappa shape index (κ1) is 16.8. The van der Waals surface area contributed by atoms with E-state index in [-0.39, 0.29) is 5.78 Å². The molecule has 0 radical (unpaired) electrons. The van der Waals surface area contributed by atoms with Crippen molar-refractivity contribution in [3.05, 3.63) is 33.8 Å².